The fraction of sp³-hybridized carbons (Fsp3) is 0.192. The van der Waals surface area contributed by atoms with Crippen molar-refractivity contribution in [1.29, 1.82) is 0 Å². The lowest BCUT2D eigenvalue weighted by Gasteiger charge is -2.31. The minimum absolute atomic E-state index is 0.226. The average molecular weight is 447 g/mol. The summed E-state index contributed by atoms with van der Waals surface area (Å²) in [6.07, 6.45) is 0.634. The predicted molar refractivity (Wildman–Crippen MR) is 129 cm³/mol. The first kappa shape index (κ1) is 21.8. The van der Waals surface area contributed by atoms with E-state index in [2.05, 4.69) is 5.32 Å². The fourth-order valence-electron chi connectivity index (χ4n) is 4.04. The van der Waals surface area contributed by atoms with Crippen LogP contribution in [0.5, 0.6) is 0 Å². The molecule has 32 heavy (non-hydrogen) atoms. The molecule has 4 rings (SSSR count). The lowest BCUT2D eigenvalue weighted by atomic mass is 9.95. The normalized spacial score (nSPS) is 15.8. The van der Waals surface area contributed by atoms with Gasteiger partial charge in [0.15, 0.2) is 4.91 Å². The van der Waals surface area contributed by atoms with Gasteiger partial charge in [0, 0.05) is 18.2 Å². The highest BCUT2D eigenvalue weighted by atomic mass is 32.2. The SMILES string of the molecule is CCC(NC(=O)C1=C(c2ccccc2)c2ccccc2N(C)S1(=O)=O)c1ccc(C)cc1. The molecule has 1 atom stereocenters. The van der Waals surface area contributed by atoms with E-state index in [-0.39, 0.29) is 10.9 Å². The van der Waals surface area contributed by atoms with E-state index in [0.717, 1.165) is 11.1 Å². The highest BCUT2D eigenvalue weighted by Gasteiger charge is 2.40. The number of fused-ring (bicyclic) bond motifs is 1. The van der Waals surface area contributed by atoms with Crippen LogP contribution in [0, 0.1) is 6.92 Å². The van der Waals surface area contributed by atoms with Crippen molar-refractivity contribution in [3.8, 4) is 0 Å². The number of anilines is 1. The Labute approximate surface area is 189 Å². The maximum Gasteiger partial charge on any atom is 0.270 e. The standard InChI is InChI=1S/C26H26N2O3S/c1-4-22(19-16-14-18(2)15-17-19)27-26(29)25-24(20-10-6-5-7-11-20)21-12-8-9-13-23(21)28(3)32(25,30)31/h5-17,22H,4H2,1-3H3,(H,27,29). The molecule has 5 nitrogen and oxygen atoms in total. The topological polar surface area (TPSA) is 66.5 Å². The van der Waals surface area contributed by atoms with E-state index in [1.54, 1.807) is 12.1 Å². The summed E-state index contributed by atoms with van der Waals surface area (Å²) in [4.78, 5) is 13.4. The van der Waals surface area contributed by atoms with Crippen LogP contribution >= 0.6 is 0 Å². The molecular weight excluding hydrogens is 420 g/mol. The number of hydrogen-bond acceptors (Lipinski definition) is 3. The number of nitrogens with zero attached hydrogens (tertiary/aromatic N) is 1. The van der Waals surface area contributed by atoms with Crippen molar-refractivity contribution in [3.63, 3.8) is 0 Å². The van der Waals surface area contributed by atoms with Gasteiger partial charge in [0.2, 0.25) is 0 Å². The molecule has 164 valence electrons. The fourth-order valence-corrected chi connectivity index (χ4v) is 5.51. The molecule has 0 aliphatic carbocycles. The zero-order valence-electron chi connectivity index (χ0n) is 18.4. The second kappa shape index (κ2) is 8.63. The molecule has 1 aliphatic heterocycles. The number of nitrogens with one attached hydrogen (secondary N) is 1. The number of rotatable bonds is 5. The molecule has 6 heteroatoms. The maximum absolute atomic E-state index is 13.6. The number of para-hydroxylation sites is 1. The van der Waals surface area contributed by atoms with Gasteiger partial charge >= 0.3 is 0 Å². The molecule has 3 aromatic rings. The van der Waals surface area contributed by atoms with E-state index >= 15 is 0 Å². The third-order valence-electron chi connectivity index (χ3n) is 5.82. The van der Waals surface area contributed by atoms with Crippen molar-refractivity contribution in [1.82, 2.24) is 5.32 Å². The number of benzene rings is 3. The minimum Gasteiger partial charge on any atom is -0.345 e. The Bertz CT molecular complexity index is 1280. The van der Waals surface area contributed by atoms with Gasteiger partial charge in [-0.25, -0.2) is 8.42 Å². The van der Waals surface area contributed by atoms with E-state index in [9.17, 15) is 13.2 Å². The molecule has 1 N–H and O–H groups in total. The summed E-state index contributed by atoms with van der Waals surface area (Å²) in [6.45, 7) is 3.97. The van der Waals surface area contributed by atoms with Crippen molar-refractivity contribution in [2.75, 3.05) is 11.4 Å². The van der Waals surface area contributed by atoms with Crippen molar-refractivity contribution in [2.24, 2.45) is 0 Å². The third kappa shape index (κ3) is 3.82. The summed E-state index contributed by atoms with van der Waals surface area (Å²) in [5, 5.41) is 2.98. The smallest absolute Gasteiger partial charge is 0.270 e. The van der Waals surface area contributed by atoms with Crippen LogP contribution in [0.1, 0.15) is 41.6 Å². The number of amides is 1. The highest BCUT2D eigenvalue weighted by Crippen LogP contribution is 2.42. The quantitative estimate of drug-likeness (QED) is 0.612. The molecule has 0 spiro atoms. The van der Waals surface area contributed by atoms with Gasteiger partial charge in [0.05, 0.1) is 11.7 Å². The largest absolute Gasteiger partial charge is 0.345 e. The number of sulfonamides is 1. The van der Waals surface area contributed by atoms with Crippen molar-refractivity contribution < 1.29 is 13.2 Å². The zero-order valence-corrected chi connectivity index (χ0v) is 19.2. The Balaban J connectivity index is 1.88. The summed E-state index contributed by atoms with van der Waals surface area (Å²) in [6, 6.07) is 24.1. The van der Waals surface area contributed by atoms with Gasteiger partial charge in [-0.1, -0.05) is 85.3 Å². The molecule has 0 radical (unpaired) electrons. The van der Waals surface area contributed by atoms with Gasteiger partial charge in [-0.2, -0.15) is 0 Å². The maximum atomic E-state index is 13.6. The Morgan fingerprint density at radius 2 is 1.56 bits per heavy atom. The molecule has 1 unspecified atom stereocenters. The van der Waals surface area contributed by atoms with Crippen molar-refractivity contribution in [2.45, 2.75) is 26.3 Å². The molecular formula is C26H26N2O3S. The molecule has 0 bridgehead atoms. The zero-order chi connectivity index (χ0) is 22.9. The van der Waals surface area contributed by atoms with Crippen LogP contribution in [0.25, 0.3) is 5.57 Å². The minimum atomic E-state index is -4.05. The Hall–Kier alpha value is -3.38. The van der Waals surface area contributed by atoms with E-state index in [1.165, 1.54) is 11.4 Å². The first-order valence-corrected chi connectivity index (χ1v) is 12.0. The number of hydrogen-bond donors (Lipinski definition) is 1. The first-order chi connectivity index (χ1) is 15.3. The van der Waals surface area contributed by atoms with Gasteiger partial charge < -0.3 is 5.32 Å². The van der Waals surface area contributed by atoms with Gasteiger partial charge in [-0.15, -0.1) is 0 Å². The number of carbonyl (C=O) groups excluding carboxylic acids is 1. The Morgan fingerprint density at radius 1 is 0.938 bits per heavy atom. The van der Waals surface area contributed by atoms with E-state index in [1.807, 2.05) is 80.6 Å². The summed E-state index contributed by atoms with van der Waals surface area (Å²) in [5.74, 6) is -0.599. The average Bonchev–Trinajstić information content (AvgIpc) is 2.80. The lowest BCUT2D eigenvalue weighted by molar-refractivity contribution is -0.117. The van der Waals surface area contributed by atoms with Crippen LogP contribution in [0.2, 0.25) is 0 Å². The second-order valence-corrected chi connectivity index (χ2v) is 9.81. The third-order valence-corrected chi connectivity index (χ3v) is 7.64. The molecule has 0 fully saturated rings. The second-order valence-electron chi connectivity index (χ2n) is 7.90. The van der Waals surface area contributed by atoms with Crippen molar-refractivity contribution in [3.05, 3.63) is 106 Å². The molecule has 0 aromatic heterocycles. The number of aryl methyl sites for hydroxylation is 1. The molecule has 1 amide bonds. The lowest BCUT2D eigenvalue weighted by Crippen LogP contribution is -2.40. The summed E-state index contributed by atoms with van der Waals surface area (Å²) < 4.78 is 28.3. The first-order valence-electron chi connectivity index (χ1n) is 10.6. The number of carbonyl (C=O) groups is 1. The molecule has 3 aromatic carbocycles. The summed E-state index contributed by atoms with van der Waals surface area (Å²) in [7, 11) is -2.57. The predicted octanol–water partition coefficient (Wildman–Crippen LogP) is 4.80. The van der Waals surface area contributed by atoms with Crippen LogP contribution in [-0.4, -0.2) is 21.4 Å². The van der Waals surface area contributed by atoms with E-state index < -0.39 is 15.9 Å². The van der Waals surface area contributed by atoms with Crippen LogP contribution in [0.15, 0.2) is 83.8 Å². The van der Waals surface area contributed by atoms with E-state index in [0.29, 0.717) is 28.8 Å². The van der Waals surface area contributed by atoms with Crippen LogP contribution in [0.3, 0.4) is 0 Å². The van der Waals surface area contributed by atoms with Gasteiger partial charge in [0.25, 0.3) is 15.9 Å². The Kier molecular flexibility index (Phi) is 5.89. The highest BCUT2D eigenvalue weighted by molar-refractivity contribution is 7.97. The Morgan fingerprint density at radius 3 is 2.22 bits per heavy atom. The molecule has 0 saturated heterocycles. The molecule has 1 heterocycles. The van der Waals surface area contributed by atoms with Gasteiger partial charge in [-0.3, -0.25) is 9.10 Å². The van der Waals surface area contributed by atoms with Crippen LogP contribution in [0.4, 0.5) is 5.69 Å². The van der Waals surface area contributed by atoms with E-state index in [4.69, 9.17) is 0 Å². The summed E-state index contributed by atoms with van der Waals surface area (Å²) in [5.41, 5.74) is 4.44. The van der Waals surface area contributed by atoms with Crippen molar-refractivity contribution >= 4 is 27.2 Å². The van der Waals surface area contributed by atoms with Gasteiger partial charge in [0.1, 0.15) is 0 Å². The van der Waals surface area contributed by atoms with Crippen LogP contribution in [-0.2, 0) is 14.8 Å². The summed E-state index contributed by atoms with van der Waals surface area (Å²) >= 11 is 0. The van der Waals surface area contributed by atoms with Gasteiger partial charge in [-0.05, 0) is 30.5 Å². The monoisotopic (exact) mass is 446 g/mol. The molecule has 0 saturated carbocycles. The van der Waals surface area contributed by atoms with Crippen LogP contribution < -0.4 is 9.62 Å². The molecule has 1 aliphatic rings.